The van der Waals surface area contributed by atoms with E-state index in [2.05, 4.69) is 0 Å². The average molecular weight is 288 g/mol. The first-order chi connectivity index (χ1) is 9.66. The van der Waals surface area contributed by atoms with E-state index in [1.807, 2.05) is 24.3 Å². The minimum Gasteiger partial charge on any atom is -0.388 e. The number of benzene rings is 2. The summed E-state index contributed by atoms with van der Waals surface area (Å²) in [5.41, 5.74) is 2.13. The largest absolute Gasteiger partial charge is 0.388 e. The third-order valence-corrected chi connectivity index (χ3v) is 3.76. The van der Waals surface area contributed by atoms with E-state index >= 15 is 0 Å². The highest BCUT2D eigenvalue weighted by Gasteiger charge is 2.27. The van der Waals surface area contributed by atoms with E-state index in [-0.39, 0.29) is 5.91 Å². The van der Waals surface area contributed by atoms with Crippen molar-refractivity contribution in [2.24, 2.45) is 0 Å². The van der Waals surface area contributed by atoms with Gasteiger partial charge in [0.05, 0.1) is 6.10 Å². The van der Waals surface area contributed by atoms with Gasteiger partial charge in [-0.05, 0) is 30.7 Å². The lowest BCUT2D eigenvalue weighted by atomic mass is 9.98. The second kappa shape index (κ2) is 5.27. The third-order valence-electron chi connectivity index (χ3n) is 3.53. The van der Waals surface area contributed by atoms with Crippen LogP contribution in [0.25, 0.3) is 0 Å². The Kier molecular flexibility index (Phi) is 3.47. The fourth-order valence-electron chi connectivity index (χ4n) is 2.53. The zero-order valence-electron chi connectivity index (χ0n) is 10.8. The lowest BCUT2D eigenvalue weighted by Gasteiger charge is -2.32. The third kappa shape index (κ3) is 2.30. The van der Waals surface area contributed by atoms with Crippen LogP contribution in [-0.4, -0.2) is 17.6 Å². The molecule has 1 amide bonds. The van der Waals surface area contributed by atoms with Crippen LogP contribution >= 0.6 is 11.6 Å². The first-order valence-electron chi connectivity index (χ1n) is 6.51. The molecule has 0 radical (unpaired) electrons. The van der Waals surface area contributed by atoms with Crippen LogP contribution in [0.4, 0.5) is 5.69 Å². The molecule has 1 unspecified atom stereocenters. The molecule has 1 aliphatic rings. The highest BCUT2D eigenvalue weighted by atomic mass is 35.5. The zero-order valence-corrected chi connectivity index (χ0v) is 11.5. The van der Waals surface area contributed by atoms with Gasteiger partial charge >= 0.3 is 0 Å². The van der Waals surface area contributed by atoms with E-state index in [1.54, 1.807) is 29.2 Å². The lowest BCUT2D eigenvalue weighted by Crippen LogP contribution is -2.36. The normalized spacial score (nSPS) is 17.7. The van der Waals surface area contributed by atoms with Crippen molar-refractivity contribution in [1.82, 2.24) is 0 Å². The van der Waals surface area contributed by atoms with Gasteiger partial charge in [-0.25, -0.2) is 0 Å². The number of fused-ring (bicyclic) bond motifs is 1. The van der Waals surface area contributed by atoms with Crippen LogP contribution in [-0.2, 0) is 0 Å². The number of nitrogens with zero attached hydrogens (tertiary/aromatic N) is 1. The highest BCUT2D eigenvalue weighted by Crippen LogP contribution is 2.34. The van der Waals surface area contributed by atoms with Crippen molar-refractivity contribution in [3.8, 4) is 0 Å². The molecule has 1 N–H and O–H groups in total. The number of carbonyl (C=O) groups excluding carboxylic acids is 1. The second-order valence-electron chi connectivity index (χ2n) is 4.83. The number of hydrogen-bond acceptors (Lipinski definition) is 2. The molecular formula is C16H14ClNO2. The molecule has 4 heteroatoms. The molecule has 1 atom stereocenters. The molecular weight excluding hydrogens is 274 g/mol. The first kappa shape index (κ1) is 13.2. The summed E-state index contributed by atoms with van der Waals surface area (Å²) in [5, 5.41) is 10.6. The predicted octanol–water partition coefficient (Wildman–Crippen LogP) is 3.42. The van der Waals surface area contributed by atoms with E-state index in [0.29, 0.717) is 23.6 Å². The summed E-state index contributed by atoms with van der Waals surface area (Å²) in [7, 11) is 0. The van der Waals surface area contributed by atoms with Crippen LogP contribution in [0.5, 0.6) is 0 Å². The van der Waals surface area contributed by atoms with Gasteiger partial charge in [0.25, 0.3) is 5.91 Å². The summed E-state index contributed by atoms with van der Waals surface area (Å²) in [5.74, 6) is -0.0909. The van der Waals surface area contributed by atoms with Gasteiger partial charge in [-0.15, -0.1) is 0 Å². The first-order valence-corrected chi connectivity index (χ1v) is 6.89. The summed E-state index contributed by atoms with van der Waals surface area (Å²) in [6.07, 6.45) is 0.0400. The van der Waals surface area contributed by atoms with Gasteiger partial charge in [0.2, 0.25) is 0 Å². The quantitative estimate of drug-likeness (QED) is 0.873. The summed E-state index contributed by atoms with van der Waals surface area (Å²) in [6.45, 7) is 0.503. The minimum atomic E-state index is -0.505. The van der Waals surface area contributed by atoms with Crippen molar-refractivity contribution in [2.45, 2.75) is 12.5 Å². The van der Waals surface area contributed by atoms with E-state index in [4.69, 9.17) is 11.6 Å². The summed E-state index contributed by atoms with van der Waals surface area (Å²) < 4.78 is 0. The minimum absolute atomic E-state index is 0.0909. The Hall–Kier alpha value is -1.84. The topological polar surface area (TPSA) is 40.5 Å². The van der Waals surface area contributed by atoms with Gasteiger partial charge in [0, 0.05) is 28.4 Å². The SMILES string of the molecule is O=C(c1cccc(Cl)c1)N1CCC(O)c2ccccc21. The van der Waals surface area contributed by atoms with E-state index in [1.165, 1.54) is 0 Å². The number of aliphatic hydroxyl groups excluding tert-OH is 1. The number of hydrogen-bond donors (Lipinski definition) is 1. The van der Waals surface area contributed by atoms with Gasteiger partial charge < -0.3 is 10.0 Å². The molecule has 3 nitrogen and oxygen atoms in total. The molecule has 2 aromatic carbocycles. The zero-order chi connectivity index (χ0) is 14.1. The summed E-state index contributed by atoms with van der Waals surface area (Å²) >= 11 is 5.94. The maximum absolute atomic E-state index is 12.6. The standard InChI is InChI=1S/C16H14ClNO2/c17-12-5-3-4-11(10-12)16(20)18-9-8-15(19)13-6-1-2-7-14(13)18/h1-7,10,15,19H,8-9H2. The van der Waals surface area contributed by atoms with Crippen LogP contribution < -0.4 is 4.90 Å². The Bertz CT molecular complexity index is 656. The molecule has 3 rings (SSSR count). The molecule has 1 heterocycles. The molecule has 0 aliphatic carbocycles. The second-order valence-corrected chi connectivity index (χ2v) is 5.27. The lowest BCUT2D eigenvalue weighted by molar-refractivity contribution is 0.0970. The number of carbonyl (C=O) groups is 1. The number of amides is 1. The van der Waals surface area contributed by atoms with Gasteiger partial charge in [0.15, 0.2) is 0 Å². The van der Waals surface area contributed by atoms with Gasteiger partial charge in [0.1, 0.15) is 0 Å². The number of aliphatic hydroxyl groups is 1. The average Bonchev–Trinajstić information content (AvgIpc) is 2.47. The van der Waals surface area contributed by atoms with Crippen LogP contribution in [0.15, 0.2) is 48.5 Å². The van der Waals surface area contributed by atoms with Crippen molar-refractivity contribution >= 4 is 23.2 Å². The molecule has 0 bridgehead atoms. The molecule has 102 valence electrons. The van der Waals surface area contributed by atoms with Crippen LogP contribution in [0, 0.1) is 0 Å². The van der Waals surface area contributed by atoms with E-state index < -0.39 is 6.10 Å². The Morgan fingerprint density at radius 3 is 2.80 bits per heavy atom. The van der Waals surface area contributed by atoms with Crippen LogP contribution in [0.2, 0.25) is 5.02 Å². The molecule has 1 aliphatic heterocycles. The van der Waals surface area contributed by atoms with Crippen molar-refractivity contribution in [1.29, 1.82) is 0 Å². The Balaban J connectivity index is 1.99. The number of halogens is 1. The van der Waals surface area contributed by atoms with Crippen molar-refractivity contribution in [3.05, 3.63) is 64.7 Å². The molecule has 20 heavy (non-hydrogen) atoms. The number of para-hydroxylation sites is 1. The summed E-state index contributed by atoms with van der Waals surface area (Å²) in [6, 6.07) is 14.4. The molecule has 0 spiro atoms. The van der Waals surface area contributed by atoms with E-state index in [0.717, 1.165) is 11.3 Å². The molecule has 0 aromatic heterocycles. The number of rotatable bonds is 1. The fraction of sp³-hybridized carbons (Fsp3) is 0.188. The molecule has 0 saturated heterocycles. The van der Waals surface area contributed by atoms with Crippen LogP contribution in [0.1, 0.15) is 28.4 Å². The highest BCUT2D eigenvalue weighted by molar-refractivity contribution is 6.31. The van der Waals surface area contributed by atoms with Crippen molar-refractivity contribution in [3.63, 3.8) is 0 Å². The van der Waals surface area contributed by atoms with Gasteiger partial charge in [-0.3, -0.25) is 4.79 Å². The molecule has 0 fully saturated rings. The maximum atomic E-state index is 12.6. The van der Waals surface area contributed by atoms with Crippen LogP contribution in [0.3, 0.4) is 0 Å². The fourth-order valence-corrected chi connectivity index (χ4v) is 2.72. The molecule has 2 aromatic rings. The van der Waals surface area contributed by atoms with Crippen molar-refractivity contribution in [2.75, 3.05) is 11.4 Å². The maximum Gasteiger partial charge on any atom is 0.258 e. The Morgan fingerprint density at radius 1 is 1.20 bits per heavy atom. The van der Waals surface area contributed by atoms with Gasteiger partial charge in [-0.1, -0.05) is 35.9 Å². The van der Waals surface area contributed by atoms with Gasteiger partial charge in [-0.2, -0.15) is 0 Å². The smallest absolute Gasteiger partial charge is 0.258 e. The van der Waals surface area contributed by atoms with Crippen molar-refractivity contribution < 1.29 is 9.90 Å². The summed E-state index contributed by atoms with van der Waals surface area (Å²) in [4.78, 5) is 14.3. The number of anilines is 1. The monoisotopic (exact) mass is 287 g/mol. The predicted molar refractivity (Wildman–Crippen MR) is 79.1 cm³/mol. The Labute approximate surface area is 122 Å². The molecule has 0 saturated carbocycles. The Morgan fingerprint density at radius 2 is 2.00 bits per heavy atom. The van der Waals surface area contributed by atoms with E-state index in [9.17, 15) is 9.90 Å².